The number of rotatable bonds is 77. The molecule has 600 valence electrons. The first kappa shape index (κ1) is 99.7. The second kappa shape index (κ2) is 76.9. The lowest BCUT2D eigenvalue weighted by atomic mass is 10.0. The number of carbonyl (C=O) groups excluding carboxylic acids is 4. The molecule has 0 rings (SSSR count). The Morgan fingerprint density at radius 1 is 0.279 bits per heavy atom. The van der Waals surface area contributed by atoms with Crippen molar-refractivity contribution in [2.24, 2.45) is 0 Å². The molecule has 0 spiro atoms. The lowest BCUT2D eigenvalue weighted by molar-refractivity contribution is -0.161. The monoisotopic (exact) mass is 1500 g/mol. The Balaban J connectivity index is 5.37. The molecule has 0 aromatic heterocycles. The van der Waals surface area contributed by atoms with Gasteiger partial charge in [-0.2, -0.15) is 0 Å². The van der Waals surface area contributed by atoms with Crippen molar-refractivity contribution in [3.8, 4) is 0 Å². The van der Waals surface area contributed by atoms with Gasteiger partial charge >= 0.3 is 39.5 Å². The van der Waals surface area contributed by atoms with Crippen molar-refractivity contribution in [3.05, 3.63) is 109 Å². The fraction of sp³-hybridized carbons (Fsp3) is 0.741. The van der Waals surface area contributed by atoms with Gasteiger partial charge in [0.1, 0.15) is 19.3 Å². The van der Waals surface area contributed by atoms with E-state index in [1.807, 2.05) is 0 Å². The van der Waals surface area contributed by atoms with Gasteiger partial charge in [-0.3, -0.25) is 37.3 Å². The molecule has 0 heterocycles. The van der Waals surface area contributed by atoms with Crippen LogP contribution in [0.25, 0.3) is 0 Å². The van der Waals surface area contributed by atoms with Crippen LogP contribution in [0.15, 0.2) is 109 Å². The smallest absolute Gasteiger partial charge is 0.462 e. The third-order valence-electron chi connectivity index (χ3n) is 17.2. The maximum atomic E-state index is 13.1. The first-order valence-corrected chi connectivity index (χ1v) is 44.1. The lowest BCUT2D eigenvalue weighted by Gasteiger charge is -2.21. The Kier molecular flexibility index (Phi) is 73.7. The van der Waals surface area contributed by atoms with Crippen LogP contribution in [0.5, 0.6) is 0 Å². The number of allylic oxidation sites excluding steroid dienone is 18. The minimum atomic E-state index is -4.99. The minimum absolute atomic E-state index is 0.0799. The predicted molar refractivity (Wildman–Crippen MR) is 427 cm³/mol. The summed E-state index contributed by atoms with van der Waals surface area (Å²) in [6.45, 7) is 4.63. The van der Waals surface area contributed by atoms with E-state index in [4.69, 9.17) is 37.0 Å². The van der Waals surface area contributed by atoms with Crippen molar-refractivity contribution >= 4 is 39.5 Å². The van der Waals surface area contributed by atoms with Gasteiger partial charge in [0.05, 0.1) is 26.4 Å². The number of hydrogen-bond acceptors (Lipinski definition) is 15. The van der Waals surface area contributed by atoms with Crippen molar-refractivity contribution in [2.45, 2.75) is 367 Å². The number of carbonyl (C=O) groups is 4. The lowest BCUT2D eigenvalue weighted by Crippen LogP contribution is -2.30. The van der Waals surface area contributed by atoms with Gasteiger partial charge in [-0.1, -0.05) is 304 Å². The molecule has 3 N–H and O–H groups in total. The van der Waals surface area contributed by atoms with E-state index in [0.717, 1.165) is 199 Å². The maximum Gasteiger partial charge on any atom is 0.472 e. The molecule has 0 fully saturated rings. The summed E-state index contributed by atoms with van der Waals surface area (Å²) in [5.41, 5.74) is 0. The molecule has 17 nitrogen and oxygen atoms in total. The molecule has 0 radical (unpaired) electrons. The van der Waals surface area contributed by atoms with Crippen molar-refractivity contribution < 1.29 is 80.2 Å². The van der Waals surface area contributed by atoms with E-state index < -0.39 is 97.5 Å². The van der Waals surface area contributed by atoms with Gasteiger partial charge in [-0.05, 0) is 128 Å². The highest BCUT2D eigenvalue weighted by Crippen LogP contribution is 2.45. The summed E-state index contributed by atoms with van der Waals surface area (Å²) in [5, 5.41) is 10.7. The van der Waals surface area contributed by atoms with E-state index in [2.05, 4.69) is 137 Å². The Hall–Kier alpha value is -4.28. The molecule has 104 heavy (non-hydrogen) atoms. The number of ether oxygens (including phenoxy) is 4. The largest absolute Gasteiger partial charge is 0.472 e. The fourth-order valence-corrected chi connectivity index (χ4v) is 12.6. The zero-order valence-electron chi connectivity index (χ0n) is 65.7. The van der Waals surface area contributed by atoms with Crippen molar-refractivity contribution in [3.63, 3.8) is 0 Å². The van der Waals surface area contributed by atoms with E-state index in [1.165, 1.54) is 70.6 Å². The minimum Gasteiger partial charge on any atom is -0.462 e. The van der Waals surface area contributed by atoms with Crippen LogP contribution in [0.2, 0.25) is 0 Å². The normalized spacial score (nSPS) is 14.4. The highest BCUT2D eigenvalue weighted by atomic mass is 31.2. The summed E-state index contributed by atoms with van der Waals surface area (Å²) in [6, 6.07) is 0. The molecule has 0 bridgehead atoms. The molecule has 5 unspecified atom stereocenters. The number of aliphatic hydroxyl groups is 1. The summed E-state index contributed by atoms with van der Waals surface area (Å²) in [6.07, 6.45) is 83.4. The number of phosphoric ester groups is 2. The van der Waals surface area contributed by atoms with Gasteiger partial charge in [0.25, 0.3) is 0 Å². The molecule has 5 atom stereocenters. The molecule has 0 aromatic carbocycles. The maximum absolute atomic E-state index is 13.1. The van der Waals surface area contributed by atoms with Crippen LogP contribution < -0.4 is 0 Å². The Bertz CT molecular complexity index is 2390. The van der Waals surface area contributed by atoms with Gasteiger partial charge < -0.3 is 33.8 Å². The molecule has 0 saturated carbocycles. The topological polar surface area (TPSA) is 237 Å². The molecule has 0 amide bonds. The second-order valence-electron chi connectivity index (χ2n) is 27.3. The number of phosphoric acid groups is 2. The second-order valence-corrected chi connectivity index (χ2v) is 30.2. The van der Waals surface area contributed by atoms with Crippen LogP contribution in [-0.2, 0) is 65.4 Å². The molecular formula is C85H148O17P2. The molecule has 0 saturated heterocycles. The van der Waals surface area contributed by atoms with Gasteiger partial charge in [0.15, 0.2) is 12.2 Å². The SMILES string of the molecule is CC/C=C\C/C=C\C/C=C\CCCCCCCCCC(=O)OC(COC(=O)CCCCCCCC/C=C\C/C=C\C/C=C\CCCCC)COP(=O)(O)OCC(O)COP(=O)(O)OCC(COC(=O)CCCCCCC/C=C\C/C=C\C/C=C\CC)OC(=O)CCCCCCCCCCCCCCC. The average molecular weight is 1500 g/mol. The standard InChI is InChI=1S/C85H148O17P2/c1-5-9-13-17-21-25-29-33-36-38-39-41-43-47-50-54-58-62-66-70-83(88)96-76-81(102-85(90)72-68-64-60-56-52-48-44-40-37-34-30-26-22-18-14-10-6-2)78-100-104(93,94)98-74-79(86)73-97-103(91,92)99-77-80(101-84(89)71-67-63-59-55-51-45-32-28-24-20-16-12-8-4)75-95-82(87)69-65-61-57-53-49-46-42-35-31-27-23-19-15-11-7-3/h10-11,14-15,21-23,25-27,33-37,39,41-42,79-81,86H,5-9,12-13,16-20,24,28-32,38,40,43-78H2,1-4H3,(H,91,92)(H,93,94)/b14-10-,15-11-,25-21-,26-22-,27-23-,36-33-,37-34-,41-39-,42-35-. The van der Waals surface area contributed by atoms with E-state index in [0.29, 0.717) is 25.7 Å². The summed E-state index contributed by atoms with van der Waals surface area (Å²) in [7, 11) is -9.97. The van der Waals surface area contributed by atoms with Gasteiger partial charge in [-0.15, -0.1) is 0 Å². The van der Waals surface area contributed by atoms with Crippen LogP contribution in [0, 0.1) is 0 Å². The molecule has 0 aromatic rings. The molecule has 0 aliphatic carbocycles. The van der Waals surface area contributed by atoms with Gasteiger partial charge in [-0.25, -0.2) is 9.13 Å². The molecule has 0 aliphatic rings. The number of hydrogen-bond donors (Lipinski definition) is 3. The van der Waals surface area contributed by atoms with Crippen LogP contribution in [0.3, 0.4) is 0 Å². The third-order valence-corrected chi connectivity index (χ3v) is 19.1. The zero-order valence-corrected chi connectivity index (χ0v) is 67.5. The van der Waals surface area contributed by atoms with Crippen molar-refractivity contribution in [1.29, 1.82) is 0 Å². The van der Waals surface area contributed by atoms with E-state index in [1.54, 1.807) is 0 Å². The van der Waals surface area contributed by atoms with Crippen molar-refractivity contribution in [1.82, 2.24) is 0 Å². The van der Waals surface area contributed by atoms with Gasteiger partial charge in [0.2, 0.25) is 0 Å². The zero-order chi connectivity index (χ0) is 76.0. The summed E-state index contributed by atoms with van der Waals surface area (Å²) in [4.78, 5) is 73.1. The van der Waals surface area contributed by atoms with E-state index >= 15 is 0 Å². The van der Waals surface area contributed by atoms with E-state index in [-0.39, 0.29) is 25.7 Å². The Labute approximate surface area is 632 Å². The summed E-state index contributed by atoms with van der Waals surface area (Å²) < 4.78 is 68.7. The number of aliphatic hydroxyl groups excluding tert-OH is 1. The number of unbranched alkanes of at least 4 members (excludes halogenated alkanes) is 33. The summed E-state index contributed by atoms with van der Waals surface area (Å²) >= 11 is 0. The number of esters is 4. The Morgan fingerprint density at radius 2 is 0.500 bits per heavy atom. The summed E-state index contributed by atoms with van der Waals surface area (Å²) in [5.74, 6) is -2.20. The first-order valence-electron chi connectivity index (χ1n) is 41.1. The highest BCUT2D eigenvalue weighted by molar-refractivity contribution is 7.47. The first-order chi connectivity index (χ1) is 50.7. The fourth-order valence-electron chi connectivity index (χ4n) is 11.0. The molecular weight excluding hydrogens is 1350 g/mol. The quantitative estimate of drug-likeness (QED) is 0.0169. The van der Waals surface area contributed by atoms with Crippen LogP contribution in [-0.4, -0.2) is 96.7 Å². The van der Waals surface area contributed by atoms with Gasteiger partial charge in [0, 0.05) is 25.7 Å². The molecule has 19 heteroatoms. The third kappa shape index (κ3) is 75.9. The van der Waals surface area contributed by atoms with Crippen LogP contribution in [0.1, 0.15) is 349 Å². The van der Waals surface area contributed by atoms with Crippen LogP contribution >= 0.6 is 15.6 Å². The predicted octanol–water partition coefficient (Wildman–Crippen LogP) is 24.1. The Morgan fingerprint density at radius 3 is 0.788 bits per heavy atom. The van der Waals surface area contributed by atoms with E-state index in [9.17, 15) is 43.2 Å². The van der Waals surface area contributed by atoms with Crippen molar-refractivity contribution in [2.75, 3.05) is 39.6 Å². The molecule has 0 aliphatic heterocycles. The highest BCUT2D eigenvalue weighted by Gasteiger charge is 2.30. The van der Waals surface area contributed by atoms with Crippen LogP contribution in [0.4, 0.5) is 0 Å². The average Bonchev–Trinajstić information content (AvgIpc) is 0.917.